The van der Waals surface area contributed by atoms with Crippen LogP contribution >= 0.6 is 15.9 Å². The summed E-state index contributed by atoms with van der Waals surface area (Å²) in [5.74, 6) is 0. The van der Waals surface area contributed by atoms with E-state index in [9.17, 15) is 4.39 Å². The molecule has 0 saturated carbocycles. The molecule has 2 N–H and O–H groups in total. The van der Waals surface area contributed by atoms with Gasteiger partial charge in [-0.1, -0.05) is 22.0 Å². The van der Waals surface area contributed by atoms with Crippen molar-refractivity contribution in [1.29, 1.82) is 0 Å². The number of halogens is 2. The summed E-state index contributed by atoms with van der Waals surface area (Å²) in [4.78, 5) is 0. The van der Waals surface area contributed by atoms with Gasteiger partial charge >= 0.3 is 0 Å². The minimum absolute atomic E-state index is 0.537. The van der Waals surface area contributed by atoms with Gasteiger partial charge in [-0.2, -0.15) is 0 Å². The molecule has 1 aromatic carbocycles. The van der Waals surface area contributed by atoms with Crippen LogP contribution in [0.1, 0.15) is 5.56 Å². The van der Waals surface area contributed by atoms with Crippen molar-refractivity contribution in [2.45, 2.75) is 6.42 Å². The minimum Gasteiger partial charge on any atom is -0.399 e. The first-order valence-corrected chi connectivity index (χ1v) is 4.32. The molecular weight excluding hydrogens is 221 g/mol. The standard InChI is InChI=1S/C9H9BrFN/c10-9-4-3-8(12)6-7(9)2-1-5-11/h1,3-6H,2,12H2. The molecule has 0 unspecified atom stereocenters. The first-order chi connectivity index (χ1) is 5.74. The van der Waals surface area contributed by atoms with E-state index in [0.717, 1.165) is 10.0 Å². The van der Waals surface area contributed by atoms with E-state index >= 15 is 0 Å². The number of nitrogens with two attached hydrogens (primary N) is 1. The van der Waals surface area contributed by atoms with Crippen molar-refractivity contribution in [3.05, 3.63) is 40.6 Å². The Morgan fingerprint density at radius 2 is 2.25 bits per heavy atom. The Morgan fingerprint density at radius 3 is 2.92 bits per heavy atom. The first kappa shape index (κ1) is 9.26. The maximum Gasteiger partial charge on any atom is 0.0830 e. The SMILES string of the molecule is Nc1ccc(Br)c(CC=CF)c1. The summed E-state index contributed by atoms with van der Waals surface area (Å²) >= 11 is 3.35. The van der Waals surface area contributed by atoms with Crippen molar-refractivity contribution in [2.75, 3.05) is 5.73 Å². The molecule has 0 aliphatic rings. The average molecular weight is 230 g/mol. The lowest BCUT2D eigenvalue weighted by Gasteiger charge is -2.01. The molecule has 0 amide bonds. The number of nitrogen functional groups attached to an aromatic ring is 1. The summed E-state index contributed by atoms with van der Waals surface area (Å²) in [5.41, 5.74) is 7.25. The normalized spacial score (nSPS) is 10.8. The molecule has 0 aromatic heterocycles. The zero-order valence-electron chi connectivity index (χ0n) is 6.43. The third kappa shape index (κ3) is 2.34. The van der Waals surface area contributed by atoms with Gasteiger partial charge in [-0.15, -0.1) is 0 Å². The van der Waals surface area contributed by atoms with Crippen LogP contribution in [0.3, 0.4) is 0 Å². The van der Waals surface area contributed by atoms with Crippen LogP contribution in [-0.4, -0.2) is 0 Å². The van der Waals surface area contributed by atoms with Gasteiger partial charge in [0.05, 0.1) is 6.33 Å². The summed E-state index contributed by atoms with van der Waals surface area (Å²) in [7, 11) is 0. The Morgan fingerprint density at radius 1 is 1.50 bits per heavy atom. The van der Waals surface area contributed by atoms with Crippen molar-refractivity contribution >= 4 is 21.6 Å². The average Bonchev–Trinajstić information content (AvgIpc) is 2.07. The van der Waals surface area contributed by atoms with E-state index in [0.29, 0.717) is 18.4 Å². The fourth-order valence-corrected chi connectivity index (χ4v) is 1.33. The molecule has 0 saturated heterocycles. The molecule has 1 aromatic rings. The molecule has 1 rings (SSSR count). The topological polar surface area (TPSA) is 26.0 Å². The van der Waals surface area contributed by atoms with Crippen LogP contribution in [0.25, 0.3) is 0 Å². The lowest BCUT2D eigenvalue weighted by Crippen LogP contribution is -1.88. The Labute approximate surface area is 79.2 Å². The fraction of sp³-hybridized carbons (Fsp3) is 0.111. The zero-order chi connectivity index (χ0) is 8.97. The van der Waals surface area contributed by atoms with Gasteiger partial charge in [-0.05, 0) is 30.2 Å². The van der Waals surface area contributed by atoms with E-state index < -0.39 is 0 Å². The molecule has 12 heavy (non-hydrogen) atoms. The van der Waals surface area contributed by atoms with Crippen LogP contribution in [0.4, 0.5) is 10.1 Å². The second-order valence-electron chi connectivity index (χ2n) is 2.42. The Hall–Kier alpha value is -0.830. The molecule has 64 valence electrons. The highest BCUT2D eigenvalue weighted by Crippen LogP contribution is 2.20. The predicted molar refractivity (Wildman–Crippen MR) is 52.5 cm³/mol. The molecular formula is C9H9BrFN. The van der Waals surface area contributed by atoms with E-state index in [1.54, 1.807) is 6.07 Å². The number of hydrogen-bond donors (Lipinski definition) is 1. The van der Waals surface area contributed by atoms with Gasteiger partial charge in [0.15, 0.2) is 0 Å². The van der Waals surface area contributed by atoms with Crippen LogP contribution < -0.4 is 5.73 Å². The Kier molecular flexibility index (Phi) is 3.29. The molecule has 0 bridgehead atoms. The van der Waals surface area contributed by atoms with E-state index in [4.69, 9.17) is 5.73 Å². The van der Waals surface area contributed by atoms with Gasteiger partial charge in [0, 0.05) is 10.2 Å². The summed E-state index contributed by atoms with van der Waals surface area (Å²) in [6.45, 7) is 0. The highest BCUT2D eigenvalue weighted by Gasteiger charge is 1.97. The number of hydrogen-bond acceptors (Lipinski definition) is 1. The van der Waals surface area contributed by atoms with Gasteiger partial charge in [-0.3, -0.25) is 0 Å². The smallest absolute Gasteiger partial charge is 0.0830 e. The van der Waals surface area contributed by atoms with Gasteiger partial charge in [-0.25, -0.2) is 4.39 Å². The molecule has 1 nitrogen and oxygen atoms in total. The van der Waals surface area contributed by atoms with Crippen molar-refractivity contribution < 1.29 is 4.39 Å². The summed E-state index contributed by atoms with van der Waals surface area (Å²) in [6.07, 6.45) is 2.54. The van der Waals surface area contributed by atoms with E-state index in [1.165, 1.54) is 6.08 Å². The quantitative estimate of drug-likeness (QED) is 0.776. The molecule has 0 aliphatic carbocycles. The number of rotatable bonds is 2. The van der Waals surface area contributed by atoms with Crippen molar-refractivity contribution in [2.24, 2.45) is 0 Å². The number of anilines is 1. The fourth-order valence-electron chi connectivity index (χ4n) is 0.923. The number of benzene rings is 1. The summed E-state index contributed by atoms with van der Waals surface area (Å²) in [5, 5.41) is 0. The van der Waals surface area contributed by atoms with E-state index in [2.05, 4.69) is 15.9 Å². The maximum absolute atomic E-state index is 11.7. The summed E-state index contributed by atoms with van der Waals surface area (Å²) < 4.78 is 12.6. The second-order valence-corrected chi connectivity index (χ2v) is 3.27. The largest absolute Gasteiger partial charge is 0.399 e. The molecule has 0 heterocycles. The molecule has 0 fully saturated rings. The van der Waals surface area contributed by atoms with E-state index in [-0.39, 0.29) is 0 Å². The maximum atomic E-state index is 11.7. The third-order valence-electron chi connectivity index (χ3n) is 1.50. The van der Waals surface area contributed by atoms with Crippen molar-refractivity contribution in [3.63, 3.8) is 0 Å². The van der Waals surface area contributed by atoms with Crippen LogP contribution in [0.15, 0.2) is 35.1 Å². The monoisotopic (exact) mass is 229 g/mol. The predicted octanol–water partition coefficient (Wildman–Crippen LogP) is 3.06. The second kappa shape index (κ2) is 4.26. The van der Waals surface area contributed by atoms with Crippen LogP contribution in [0.5, 0.6) is 0 Å². The summed E-state index contributed by atoms with van der Waals surface area (Å²) in [6, 6.07) is 5.48. The molecule has 0 radical (unpaired) electrons. The Balaban J connectivity index is 2.89. The van der Waals surface area contributed by atoms with Crippen molar-refractivity contribution in [1.82, 2.24) is 0 Å². The lowest BCUT2D eigenvalue weighted by molar-refractivity contribution is 0.716. The van der Waals surface area contributed by atoms with Gasteiger partial charge in [0.2, 0.25) is 0 Å². The zero-order valence-corrected chi connectivity index (χ0v) is 8.01. The lowest BCUT2D eigenvalue weighted by atomic mass is 10.1. The van der Waals surface area contributed by atoms with Gasteiger partial charge in [0.25, 0.3) is 0 Å². The minimum atomic E-state index is 0.537. The molecule has 3 heteroatoms. The van der Waals surface area contributed by atoms with Crippen LogP contribution in [0.2, 0.25) is 0 Å². The van der Waals surface area contributed by atoms with Crippen molar-refractivity contribution in [3.8, 4) is 0 Å². The molecule has 0 spiro atoms. The van der Waals surface area contributed by atoms with Gasteiger partial charge < -0.3 is 5.73 Å². The molecule has 0 atom stereocenters. The first-order valence-electron chi connectivity index (χ1n) is 3.53. The Bertz CT molecular complexity index is 297. The third-order valence-corrected chi connectivity index (χ3v) is 2.27. The van der Waals surface area contributed by atoms with E-state index in [1.807, 2.05) is 12.1 Å². The molecule has 0 aliphatic heterocycles. The van der Waals surface area contributed by atoms with Gasteiger partial charge in [0.1, 0.15) is 0 Å². The van der Waals surface area contributed by atoms with Crippen LogP contribution in [-0.2, 0) is 6.42 Å². The highest BCUT2D eigenvalue weighted by atomic mass is 79.9. The number of allylic oxidation sites excluding steroid dienone is 1. The highest BCUT2D eigenvalue weighted by molar-refractivity contribution is 9.10. The van der Waals surface area contributed by atoms with Crippen LogP contribution in [0, 0.1) is 0 Å².